The van der Waals surface area contributed by atoms with E-state index in [-0.39, 0.29) is 0 Å². The van der Waals surface area contributed by atoms with Crippen LogP contribution in [0.2, 0.25) is 0 Å². The highest BCUT2D eigenvalue weighted by atomic mass is 32.1. The second kappa shape index (κ2) is 7.07. The van der Waals surface area contributed by atoms with E-state index in [9.17, 15) is 0 Å². The summed E-state index contributed by atoms with van der Waals surface area (Å²) in [6.07, 6.45) is 3.42. The summed E-state index contributed by atoms with van der Waals surface area (Å²) in [6, 6.07) is 16.4. The van der Waals surface area contributed by atoms with Crippen molar-refractivity contribution in [2.24, 2.45) is 0 Å². The molecule has 0 spiro atoms. The van der Waals surface area contributed by atoms with Crippen molar-refractivity contribution >= 4 is 27.4 Å². The number of nitrogens with one attached hydrogen (secondary N) is 1. The van der Waals surface area contributed by atoms with E-state index >= 15 is 0 Å². The van der Waals surface area contributed by atoms with Crippen LogP contribution >= 0.6 is 11.3 Å². The number of rotatable bonds is 6. The molecule has 0 radical (unpaired) electrons. The first-order valence-electron chi connectivity index (χ1n) is 8.41. The standard InChI is InChI=1S/C20H19N3OS/c1-2-16-12-17-19(21-13-15-9-6-10-24-15)22-18(23-20(17)25-16)11-14-7-4-3-5-8-14/h3-10,12H,2,11,13H2,1H3,(H,21,22,23). The fraction of sp³-hybridized carbons (Fsp3) is 0.200. The van der Waals surface area contributed by atoms with Gasteiger partial charge in [-0.1, -0.05) is 37.3 Å². The van der Waals surface area contributed by atoms with Crippen molar-refractivity contribution in [3.63, 3.8) is 0 Å². The third-order valence-electron chi connectivity index (χ3n) is 4.05. The molecule has 4 aromatic rings. The Bertz CT molecular complexity index is 961. The maximum absolute atomic E-state index is 5.42. The van der Waals surface area contributed by atoms with Crippen LogP contribution in [0.3, 0.4) is 0 Å². The number of thiophene rings is 1. The van der Waals surface area contributed by atoms with Crippen molar-refractivity contribution in [1.82, 2.24) is 9.97 Å². The summed E-state index contributed by atoms with van der Waals surface area (Å²) in [5.74, 6) is 2.61. The summed E-state index contributed by atoms with van der Waals surface area (Å²) in [7, 11) is 0. The quantitative estimate of drug-likeness (QED) is 0.529. The van der Waals surface area contributed by atoms with E-state index in [1.165, 1.54) is 10.4 Å². The molecule has 4 nitrogen and oxygen atoms in total. The van der Waals surface area contributed by atoms with Crippen LogP contribution in [0.15, 0.2) is 59.2 Å². The number of furan rings is 1. The summed E-state index contributed by atoms with van der Waals surface area (Å²) in [5, 5.41) is 4.50. The minimum atomic E-state index is 0.612. The average Bonchev–Trinajstić information content (AvgIpc) is 3.30. The van der Waals surface area contributed by atoms with Crippen LogP contribution in [-0.2, 0) is 19.4 Å². The lowest BCUT2D eigenvalue weighted by atomic mass is 10.1. The van der Waals surface area contributed by atoms with Gasteiger partial charge in [0.1, 0.15) is 22.2 Å². The summed E-state index contributed by atoms with van der Waals surface area (Å²) in [5.41, 5.74) is 1.21. The van der Waals surface area contributed by atoms with Crippen LogP contribution in [0.25, 0.3) is 10.2 Å². The van der Waals surface area contributed by atoms with Crippen molar-refractivity contribution in [1.29, 1.82) is 0 Å². The SMILES string of the molecule is CCc1cc2c(NCc3ccco3)nc(Cc3ccccc3)nc2s1. The van der Waals surface area contributed by atoms with Gasteiger partial charge in [0.2, 0.25) is 0 Å². The highest BCUT2D eigenvalue weighted by Gasteiger charge is 2.12. The summed E-state index contributed by atoms with van der Waals surface area (Å²) >= 11 is 1.74. The molecule has 5 heteroatoms. The van der Waals surface area contributed by atoms with Gasteiger partial charge in [0.25, 0.3) is 0 Å². The lowest BCUT2D eigenvalue weighted by Crippen LogP contribution is -2.05. The van der Waals surface area contributed by atoms with Gasteiger partial charge >= 0.3 is 0 Å². The predicted octanol–water partition coefficient (Wildman–Crippen LogP) is 5.05. The smallest absolute Gasteiger partial charge is 0.138 e. The average molecular weight is 349 g/mol. The molecule has 3 aromatic heterocycles. The normalized spacial score (nSPS) is 11.1. The van der Waals surface area contributed by atoms with Gasteiger partial charge in [0.05, 0.1) is 18.2 Å². The fourth-order valence-electron chi connectivity index (χ4n) is 2.77. The molecule has 0 amide bonds. The lowest BCUT2D eigenvalue weighted by Gasteiger charge is -2.08. The molecule has 126 valence electrons. The van der Waals surface area contributed by atoms with Gasteiger partial charge in [0.15, 0.2) is 0 Å². The van der Waals surface area contributed by atoms with E-state index in [0.717, 1.165) is 40.5 Å². The first-order valence-corrected chi connectivity index (χ1v) is 9.23. The largest absolute Gasteiger partial charge is 0.467 e. The zero-order chi connectivity index (χ0) is 17.1. The number of fused-ring (bicyclic) bond motifs is 1. The van der Waals surface area contributed by atoms with Crippen LogP contribution in [0.1, 0.15) is 28.9 Å². The van der Waals surface area contributed by atoms with E-state index in [2.05, 4.69) is 30.4 Å². The number of anilines is 1. The van der Waals surface area contributed by atoms with E-state index in [1.807, 2.05) is 30.3 Å². The van der Waals surface area contributed by atoms with E-state index in [0.29, 0.717) is 6.54 Å². The zero-order valence-corrected chi connectivity index (χ0v) is 14.8. The highest BCUT2D eigenvalue weighted by molar-refractivity contribution is 7.18. The molecule has 0 aliphatic rings. The molecule has 0 aliphatic carbocycles. The van der Waals surface area contributed by atoms with Crippen molar-refractivity contribution in [3.8, 4) is 0 Å². The van der Waals surface area contributed by atoms with Crippen LogP contribution in [-0.4, -0.2) is 9.97 Å². The molecule has 0 saturated carbocycles. The Hall–Kier alpha value is -2.66. The van der Waals surface area contributed by atoms with Gasteiger partial charge < -0.3 is 9.73 Å². The van der Waals surface area contributed by atoms with E-state index in [4.69, 9.17) is 14.4 Å². The Labute approximate surface area is 150 Å². The number of nitrogens with zero attached hydrogens (tertiary/aromatic N) is 2. The van der Waals surface area contributed by atoms with Crippen molar-refractivity contribution in [3.05, 3.63) is 76.8 Å². The minimum Gasteiger partial charge on any atom is -0.467 e. The molecule has 1 N–H and O–H groups in total. The molecule has 0 fully saturated rings. The van der Waals surface area contributed by atoms with Crippen molar-refractivity contribution < 1.29 is 4.42 Å². The van der Waals surface area contributed by atoms with Gasteiger partial charge in [-0.25, -0.2) is 9.97 Å². The van der Waals surface area contributed by atoms with Crippen LogP contribution in [0.5, 0.6) is 0 Å². The highest BCUT2D eigenvalue weighted by Crippen LogP contribution is 2.30. The second-order valence-corrected chi connectivity index (χ2v) is 6.98. The van der Waals surface area contributed by atoms with Crippen molar-refractivity contribution in [2.45, 2.75) is 26.3 Å². The third-order valence-corrected chi connectivity index (χ3v) is 5.23. The minimum absolute atomic E-state index is 0.612. The molecule has 0 bridgehead atoms. The number of hydrogen-bond donors (Lipinski definition) is 1. The molecule has 1 aromatic carbocycles. The molecular formula is C20H19N3OS. The lowest BCUT2D eigenvalue weighted by molar-refractivity contribution is 0.518. The van der Waals surface area contributed by atoms with Crippen LogP contribution in [0, 0.1) is 0 Å². The molecule has 0 aliphatic heterocycles. The summed E-state index contributed by atoms with van der Waals surface area (Å²) in [4.78, 5) is 11.9. The topological polar surface area (TPSA) is 51.0 Å². The molecule has 25 heavy (non-hydrogen) atoms. The monoisotopic (exact) mass is 349 g/mol. The molecule has 3 heterocycles. The van der Waals surface area contributed by atoms with Crippen molar-refractivity contribution in [2.75, 3.05) is 5.32 Å². The Balaban J connectivity index is 1.68. The maximum Gasteiger partial charge on any atom is 0.138 e. The van der Waals surface area contributed by atoms with Gasteiger partial charge in [0, 0.05) is 11.3 Å². The van der Waals surface area contributed by atoms with Crippen LogP contribution in [0.4, 0.5) is 5.82 Å². The number of benzene rings is 1. The first-order chi connectivity index (χ1) is 12.3. The molecule has 4 rings (SSSR count). The Morgan fingerprint density at radius 3 is 2.72 bits per heavy atom. The fourth-order valence-corrected chi connectivity index (χ4v) is 3.75. The van der Waals surface area contributed by atoms with Gasteiger partial charge in [-0.05, 0) is 30.2 Å². The molecule has 0 unspecified atom stereocenters. The van der Waals surface area contributed by atoms with Gasteiger partial charge in [-0.2, -0.15) is 0 Å². The maximum atomic E-state index is 5.42. The number of aromatic nitrogens is 2. The van der Waals surface area contributed by atoms with E-state index in [1.54, 1.807) is 17.6 Å². The Morgan fingerprint density at radius 2 is 1.96 bits per heavy atom. The van der Waals surface area contributed by atoms with E-state index < -0.39 is 0 Å². The number of hydrogen-bond acceptors (Lipinski definition) is 5. The first kappa shape index (κ1) is 15.8. The third kappa shape index (κ3) is 3.56. The Kier molecular flexibility index (Phi) is 4.48. The van der Waals surface area contributed by atoms with Crippen LogP contribution < -0.4 is 5.32 Å². The summed E-state index contributed by atoms with van der Waals surface area (Å²) < 4.78 is 5.42. The number of aryl methyl sites for hydroxylation is 1. The predicted molar refractivity (Wildman–Crippen MR) is 102 cm³/mol. The molecule has 0 atom stereocenters. The molecular weight excluding hydrogens is 330 g/mol. The summed E-state index contributed by atoms with van der Waals surface area (Å²) in [6.45, 7) is 2.78. The second-order valence-electron chi connectivity index (χ2n) is 5.87. The zero-order valence-electron chi connectivity index (χ0n) is 14.0. The van der Waals surface area contributed by atoms with Gasteiger partial charge in [-0.3, -0.25) is 0 Å². The Morgan fingerprint density at radius 1 is 1.08 bits per heavy atom. The molecule has 0 saturated heterocycles. The van der Waals surface area contributed by atoms with Gasteiger partial charge in [-0.15, -0.1) is 11.3 Å².